The topological polar surface area (TPSA) is 68.0 Å². The molecule has 0 saturated carbocycles. The molecule has 0 radical (unpaired) electrons. The van der Waals surface area contributed by atoms with Gasteiger partial charge in [0.05, 0.1) is 5.56 Å². The number of nitrogens with zero attached hydrogens (tertiary/aromatic N) is 1. The summed E-state index contributed by atoms with van der Waals surface area (Å²) in [5.74, 6) is 0.439. The summed E-state index contributed by atoms with van der Waals surface area (Å²) in [5.41, 5.74) is 6.05. The fourth-order valence-electron chi connectivity index (χ4n) is 1.08. The summed E-state index contributed by atoms with van der Waals surface area (Å²) >= 11 is 3.26. The van der Waals surface area contributed by atoms with E-state index < -0.39 is 0 Å². The van der Waals surface area contributed by atoms with Gasteiger partial charge in [-0.15, -0.1) is 0 Å². The second-order valence-electron chi connectivity index (χ2n) is 4.09. The van der Waals surface area contributed by atoms with Crippen LogP contribution in [0.5, 0.6) is 0 Å². The van der Waals surface area contributed by atoms with Gasteiger partial charge < -0.3 is 11.1 Å². The van der Waals surface area contributed by atoms with E-state index in [-0.39, 0.29) is 17.8 Å². The van der Waals surface area contributed by atoms with E-state index in [9.17, 15) is 4.79 Å². The van der Waals surface area contributed by atoms with Gasteiger partial charge in [-0.25, -0.2) is 4.98 Å². The van der Waals surface area contributed by atoms with Crippen LogP contribution in [-0.4, -0.2) is 16.9 Å². The number of nitrogens with one attached hydrogen (secondary N) is 1. The standard InChI is InChI=1S/C11H16BrN3O/c1-6(2)7(3)15-11(16)9-4-8(12)5-14-10(9)13/h4-7H,1-3H3,(H2,13,14)(H,15,16). The molecule has 0 aliphatic carbocycles. The van der Waals surface area contributed by atoms with Gasteiger partial charge in [0.25, 0.3) is 5.91 Å². The Balaban J connectivity index is 2.84. The molecule has 1 heterocycles. The minimum absolute atomic E-state index is 0.103. The summed E-state index contributed by atoms with van der Waals surface area (Å²) in [4.78, 5) is 15.8. The van der Waals surface area contributed by atoms with Crippen molar-refractivity contribution in [1.29, 1.82) is 0 Å². The van der Waals surface area contributed by atoms with Gasteiger partial charge in [0.15, 0.2) is 0 Å². The Hall–Kier alpha value is -1.10. The van der Waals surface area contributed by atoms with Crippen molar-refractivity contribution in [2.75, 3.05) is 5.73 Å². The molecule has 0 spiro atoms. The molecule has 0 aliphatic rings. The number of hydrogen-bond acceptors (Lipinski definition) is 3. The molecule has 1 aromatic heterocycles. The molecule has 0 bridgehead atoms. The fourth-order valence-corrected chi connectivity index (χ4v) is 1.41. The van der Waals surface area contributed by atoms with Gasteiger partial charge in [-0.2, -0.15) is 0 Å². The minimum atomic E-state index is -0.187. The third-order valence-electron chi connectivity index (χ3n) is 2.49. The van der Waals surface area contributed by atoms with E-state index in [1.807, 2.05) is 20.8 Å². The first-order valence-electron chi connectivity index (χ1n) is 5.13. The van der Waals surface area contributed by atoms with Gasteiger partial charge in [-0.3, -0.25) is 4.79 Å². The Morgan fingerprint density at radius 3 is 2.69 bits per heavy atom. The second kappa shape index (κ2) is 5.30. The smallest absolute Gasteiger partial charge is 0.255 e. The van der Waals surface area contributed by atoms with E-state index in [2.05, 4.69) is 26.2 Å². The van der Waals surface area contributed by atoms with E-state index in [0.29, 0.717) is 11.5 Å². The Labute approximate surface area is 104 Å². The van der Waals surface area contributed by atoms with Gasteiger partial charge in [0.2, 0.25) is 0 Å². The van der Waals surface area contributed by atoms with Gasteiger partial charge in [0, 0.05) is 16.7 Å². The van der Waals surface area contributed by atoms with Gasteiger partial charge in [0.1, 0.15) is 5.82 Å². The molecule has 3 N–H and O–H groups in total. The van der Waals surface area contributed by atoms with Crippen molar-refractivity contribution in [3.63, 3.8) is 0 Å². The number of pyridine rings is 1. The quantitative estimate of drug-likeness (QED) is 0.895. The van der Waals surface area contributed by atoms with Crippen LogP contribution >= 0.6 is 15.9 Å². The number of nitrogens with two attached hydrogens (primary N) is 1. The maximum absolute atomic E-state index is 11.9. The Bertz CT molecular complexity index is 393. The predicted octanol–water partition coefficient (Wildman–Crippen LogP) is 2.20. The summed E-state index contributed by atoms with van der Waals surface area (Å²) in [5, 5.41) is 2.88. The third-order valence-corrected chi connectivity index (χ3v) is 2.92. The number of carbonyl (C=O) groups excluding carboxylic acids is 1. The number of carbonyl (C=O) groups is 1. The summed E-state index contributed by atoms with van der Waals surface area (Å²) in [6.45, 7) is 6.06. The summed E-state index contributed by atoms with van der Waals surface area (Å²) in [6.07, 6.45) is 1.57. The molecule has 0 saturated heterocycles. The predicted molar refractivity (Wildman–Crippen MR) is 68.1 cm³/mol. The number of rotatable bonds is 3. The van der Waals surface area contributed by atoms with Crippen molar-refractivity contribution in [2.24, 2.45) is 5.92 Å². The molecule has 1 rings (SSSR count). The first kappa shape index (κ1) is 13.0. The molecule has 5 heteroatoms. The number of hydrogen-bond donors (Lipinski definition) is 2. The molecule has 88 valence electrons. The zero-order chi connectivity index (χ0) is 12.3. The van der Waals surface area contributed by atoms with Crippen molar-refractivity contribution in [3.8, 4) is 0 Å². The number of nitrogen functional groups attached to an aromatic ring is 1. The molecule has 4 nitrogen and oxygen atoms in total. The first-order valence-corrected chi connectivity index (χ1v) is 5.93. The van der Waals surface area contributed by atoms with Crippen LogP contribution in [0.4, 0.5) is 5.82 Å². The van der Waals surface area contributed by atoms with E-state index in [1.165, 1.54) is 0 Å². The molecular weight excluding hydrogens is 270 g/mol. The average molecular weight is 286 g/mol. The highest BCUT2D eigenvalue weighted by molar-refractivity contribution is 9.10. The van der Waals surface area contributed by atoms with Crippen molar-refractivity contribution >= 4 is 27.7 Å². The number of anilines is 1. The molecule has 1 amide bonds. The van der Waals surface area contributed by atoms with E-state index >= 15 is 0 Å². The molecule has 0 aromatic carbocycles. The van der Waals surface area contributed by atoms with Crippen LogP contribution in [0.1, 0.15) is 31.1 Å². The van der Waals surface area contributed by atoms with Crippen molar-refractivity contribution < 1.29 is 4.79 Å². The maximum Gasteiger partial charge on any atom is 0.255 e. The van der Waals surface area contributed by atoms with E-state index in [1.54, 1.807) is 12.3 Å². The molecular formula is C11H16BrN3O. The summed E-state index contributed by atoms with van der Waals surface area (Å²) < 4.78 is 0.740. The highest BCUT2D eigenvalue weighted by Crippen LogP contribution is 2.15. The molecule has 1 atom stereocenters. The third kappa shape index (κ3) is 3.20. The van der Waals surface area contributed by atoms with Crippen molar-refractivity contribution in [3.05, 3.63) is 22.3 Å². The summed E-state index contributed by atoms with van der Waals surface area (Å²) in [6, 6.07) is 1.77. The monoisotopic (exact) mass is 285 g/mol. The van der Waals surface area contributed by atoms with Crippen molar-refractivity contribution in [1.82, 2.24) is 10.3 Å². The lowest BCUT2D eigenvalue weighted by Crippen LogP contribution is -2.36. The Kier molecular flexibility index (Phi) is 4.29. The number of aromatic nitrogens is 1. The lowest BCUT2D eigenvalue weighted by atomic mass is 10.1. The van der Waals surface area contributed by atoms with Crippen molar-refractivity contribution in [2.45, 2.75) is 26.8 Å². The zero-order valence-electron chi connectivity index (χ0n) is 9.62. The molecule has 1 unspecified atom stereocenters. The lowest BCUT2D eigenvalue weighted by Gasteiger charge is -2.17. The Morgan fingerprint density at radius 1 is 1.50 bits per heavy atom. The van der Waals surface area contributed by atoms with Crippen LogP contribution in [0.3, 0.4) is 0 Å². The highest BCUT2D eigenvalue weighted by Gasteiger charge is 2.15. The summed E-state index contributed by atoms with van der Waals surface area (Å²) in [7, 11) is 0. The molecule has 0 fully saturated rings. The van der Waals surface area contributed by atoms with Gasteiger partial charge in [-0.05, 0) is 34.8 Å². The average Bonchev–Trinajstić information content (AvgIpc) is 2.21. The van der Waals surface area contributed by atoms with Crippen LogP contribution in [-0.2, 0) is 0 Å². The largest absolute Gasteiger partial charge is 0.383 e. The molecule has 0 aliphatic heterocycles. The van der Waals surface area contributed by atoms with Gasteiger partial charge in [-0.1, -0.05) is 13.8 Å². The molecule has 16 heavy (non-hydrogen) atoms. The number of halogens is 1. The van der Waals surface area contributed by atoms with Gasteiger partial charge >= 0.3 is 0 Å². The fraction of sp³-hybridized carbons (Fsp3) is 0.455. The first-order chi connectivity index (χ1) is 7.41. The lowest BCUT2D eigenvalue weighted by molar-refractivity contribution is 0.0931. The minimum Gasteiger partial charge on any atom is -0.383 e. The van der Waals surface area contributed by atoms with Crippen LogP contribution < -0.4 is 11.1 Å². The zero-order valence-corrected chi connectivity index (χ0v) is 11.2. The highest BCUT2D eigenvalue weighted by atomic mass is 79.9. The SMILES string of the molecule is CC(C)C(C)NC(=O)c1cc(Br)cnc1N. The van der Waals surface area contributed by atoms with Crippen LogP contribution in [0.15, 0.2) is 16.7 Å². The maximum atomic E-state index is 11.9. The van der Waals surface area contributed by atoms with Crippen LogP contribution in [0.25, 0.3) is 0 Å². The Morgan fingerprint density at radius 2 is 2.12 bits per heavy atom. The normalized spacial score (nSPS) is 12.6. The van der Waals surface area contributed by atoms with E-state index in [0.717, 1.165) is 4.47 Å². The molecule has 1 aromatic rings. The number of amides is 1. The van der Waals surface area contributed by atoms with E-state index in [4.69, 9.17) is 5.73 Å². The van der Waals surface area contributed by atoms with Crippen LogP contribution in [0, 0.1) is 5.92 Å². The van der Waals surface area contributed by atoms with Crippen LogP contribution in [0.2, 0.25) is 0 Å². The second-order valence-corrected chi connectivity index (χ2v) is 5.01.